The zero-order valence-corrected chi connectivity index (χ0v) is 14.2. The van der Waals surface area contributed by atoms with E-state index >= 15 is 0 Å². The van der Waals surface area contributed by atoms with Crippen molar-refractivity contribution in [3.8, 4) is 0 Å². The molecule has 0 saturated heterocycles. The monoisotopic (exact) mass is 356 g/mol. The number of para-hydroxylation sites is 1. The van der Waals surface area contributed by atoms with Gasteiger partial charge in [-0.15, -0.1) is 0 Å². The van der Waals surface area contributed by atoms with Crippen LogP contribution in [0.3, 0.4) is 0 Å². The highest BCUT2D eigenvalue weighted by molar-refractivity contribution is 7.22. The van der Waals surface area contributed by atoms with E-state index in [0.717, 1.165) is 10.2 Å². The molecule has 0 N–H and O–H groups in total. The Morgan fingerprint density at radius 1 is 1.28 bits per heavy atom. The Kier molecular flexibility index (Phi) is 4.34. The molecule has 128 valence electrons. The standard InChI is InChI=1S/C17H16N4O3S/c22-16(14-12-23-10-11-24-14)21(9-8-20-7-3-6-18-20)17-19-13-4-1-2-5-15(13)25-17/h1-7,12H,8-11H2. The summed E-state index contributed by atoms with van der Waals surface area (Å²) in [6.45, 7) is 1.81. The van der Waals surface area contributed by atoms with Gasteiger partial charge in [0, 0.05) is 18.9 Å². The topological polar surface area (TPSA) is 69.5 Å². The molecule has 1 aliphatic heterocycles. The molecule has 0 fully saturated rings. The Balaban J connectivity index is 1.64. The first-order chi connectivity index (χ1) is 12.3. The molecule has 0 atom stereocenters. The van der Waals surface area contributed by atoms with Crippen LogP contribution in [0, 0.1) is 0 Å². The fourth-order valence-electron chi connectivity index (χ4n) is 2.51. The molecule has 3 heterocycles. The molecule has 1 amide bonds. The average Bonchev–Trinajstić information content (AvgIpc) is 3.32. The second kappa shape index (κ2) is 6.94. The van der Waals surface area contributed by atoms with Gasteiger partial charge in [0.15, 0.2) is 5.13 Å². The summed E-state index contributed by atoms with van der Waals surface area (Å²) >= 11 is 1.48. The van der Waals surface area contributed by atoms with Gasteiger partial charge in [-0.25, -0.2) is 4.98 Å². The van der Waals surface area contributed by atoms with Crippen LogP contribution in [0.5, 0.6) is 0 Å². The van der Waals surface area contributed by atoms with Crippen LogP contribution in [0.1, 0.15) is 0 Å². The SMILES string of the molecule is O=C(C1=COCCO1)N(CCn1cccn1)c1nc2ccccc2s1. The lowest BCUT2D eigenvalue weighted by Crippen LogP contribution is -2.36. The predicted octanol–water partition coefficient (Wildman–Crippen LogP) is 2.41. The van der Waals surface area contributed by atoms with Gasteiger partial charge < -0.3 is 9.47 Å². The van der Waals surface area contributed by atoms with Crippen molar-refractivity contribution in [3.63, 3.8) is 0 Å². The van der Waals surface area contributed by atoms with Crippen molar-refractivity contribution in [3.05, 3.63) is 54.7 Å². The van der Waals surface area contributed by atoms with Crippen molar-refractivity contribution in [2.75, 3.05) is 24.7 Å². The summed E-state index contributed by atoms with van der Waals surface area (Å²) < 4.78 is 13.5. The lowest BCUT2D eigenvalue weighted by Gasteiger charge is -2.23. The zero-order chi connectivity index (χ0) is 17.1. The predicted molar refractivity (Wildman–Crippen MR) is 94.2 cm³/mol. The second-order valence-corrected chi connectivity index (χ2v) is 6.40. The van der Waals surface area contributed by atoms with Crippen LogP contribution < -0.4 is 4.90 Å². The molecule has 1 aliphatic rings. The Hall–Kier alpha value is -2.87. The van der Waals surface area contributed by atoms with Crippen LogP contribution >= 0.6 is 11.3 Å². The fourth-order valence-corrected chi connectivity index (χ4v) is 3.50. The van der Waals surface area contributed by atoms with Gasteiger partial charge in [-0.2, -0.15) is 5.10 Å². The van der Waals surface area contributed by atoms with E-state index in [0.29, 0.717) is 31.4 Å². The van der Waals surface area contributed by atoms with Gasteiger partial charge in [0.25, 0.3) is 5.91 Å². The highest BCUT2D eigenvalue weighted by Gasteiger charge is 2.26. The van der Waals surface area contributed by atoms with Gasteiger partial charge in [-0.05, 0) is 18.2 Å². The minimum absolute atomic E-state index is 0.200. The molecular weight excluding hydrogens is 340 g/mol. The maximum Gasteiger partial charge on any atom is 0.298 e. The Bertz CT molecular complexity index is 871. The van der Waals surface area contributed by atoms with E-state index in [4.69, 9.17) is 9.47 Å². The second-order valence-electron chi connectivity index (χ2n) is 5.39. The van der Waals surface area contributed by atoms with Crippen molar-refractivity contribution < 1.29 is 14.3 Å². The van der Waals surface area contributed by atoms with Gasteiger partial charge in [0.05, 0.1) is 16.8 Å². The molecule has 0 bridgehead atoms. The number of amides is 1. The number of hydrogen-bond acceptors (Lipinski definition) is 6. The van der Waals surface area contributed by atoms with E-state index in [9.17, 15) is 4.79 Å². The van der Waals surface area contributed by atoms with Crippen LogP contribution in [-0.4, -0.2) is 40.4 Å². The summed E-state index contributed by atoms with van der Waals surface area (Å²) in [5, 5.41) is 4.82. The number of ether oxygens (including phenoxy) is 2. The first-order valence-electron chi connectivity index (χ1n) is 7.91. The number of thiazole rings is 1. The zero-order valence-electron chi connectivity index (χ0n) is 13.4. The smallest absolute Gasteiger partial charge is 0.298 e. The number of nitrogens with zero attached hydrogens (tertiary/aromatic N) is 4. The first kappa shape index (κ1) is 15.6. The summed E-state index contributed by atoms with van der Waals surface area (Å²) in [5.74, 6) is -0.0584. The molecule has 2 aromatic heterocycles. The van der Waals surface area contributed by atoms with E-state index in [1.807, 2.05) is 36.5 Å². The number of aromatic nitrogens is 3. The molecule has 0 radical (unpaired) electrons. The van der Waals surface area contributed by atoms with E-state index in [1.54, 1.807) is 15.8 Å². The lowest BCUT2D eigenvalue weighted by molar-refractivity contribution is -0.119. The maximum absolute atomic E-state index is 12.9. The van der Waals surface area contributed by atoms with Crippen molar-refractivity contribution in [1.82, 2.24) is 14.8 Å². The minimum atomic E-state index is -0.258. The highest BCUT2D eigenvalue weighted by Crippen LogP contribution is 2.29. The largest absolute Gasteiger partial charge is 0.494 e. The molecule has 3 aromatic rings. The molecule has 25 heavy (non-hydrogen) atoms. The number of rotatable bonds is 5. The van der Waals surface area contributed by atoms with Crippen LogP contribution in [0.15, 0.2) is 54.7 Å². The number of fused-ring (bicyclic) bond motifs is 1. The number of carbonyl (C=O) groups is 1. The van der Waals surface area contributed by atoms with Gasteiger partial charge in [0.1, 0.15) is 19.5 Å². The fraction of sp³-hybridized carbons (Fsp3) is 0.235. The third-order valence-corrected chi connectivity index (χ3v) is 4.79. The average molecular weight is 356 g/mol. The van der Waals surface area contributed by atoms with Crippen LogP contribution in [0.25, 0.3) is 10.2 Å². The third kappa shape index (κ3) is 3.34. The van der Waals surface area contributed by atoms with E-state index < -0.39 is 0 Å². The van der Waals surface area contributed by atoms with Crippen LogP contribution in [0.2, 0.25) is 0 Å². The molecule has 0 unspecified atom stereocenters. The van der Waals surface area contributed by atoms with Gasteiger partial charge in [0.2, 0.25) is 5.76 Å². The van der Waals surface area contributed by atoms with Crippen molar-refractivity contribution in [2.45, 2.75) is 6.54 Å². The quantitative estimate of drug-likeness (QED) is 0.702. The Morgan fingerprint density at radius 2 is 2.20 bits per heavy atom. The van der Waals surface area contributed by atoms with Gasteiger partial charge in [-0.1, -0.05) is 23.5 Å². The highest BCUT2D eigenvalue weighted by atomic mass is 32.1. The summed E-state index contributed by atoms with van der Waals surface area (Å²) in [5.41, 5.74) is 0.870. The molecule has 7 nitrogen and oxygen atoms in total. The van der Waals surface area contributed by atoms with E-state index in [2.05, 4.69) is 10.1 Å². The first-order valence-corrected chi connectivity index (χ1v) is 8.72. The van der Waals surface area contributed by atoms with Gasteiger partial charge in [-0.3, -0.25) is 14.4 Å². The lowest BCUT2D eigenvalue weighted by atomic mass is 10.3. The summed E-state index contributed by atoms with van der Waals surface area (Å²) in [6.07, 6.45) is 4.95. The molecule has 8 heteroatoms. The maximum atomic E-state index is 12.9. The normalized spacial score (nSPS) is 13.8. The number of anilines is 1. The Labute approximate surface area is 148 Å². The summed E-state index contributed by atoms with van der Waals surface area (Å²) in [4.78, 5) is 19.1. The molecule has 0 aliphatic carbocycles. The van der Waals surface area contributed by atoms with Crippen molar-refractivity contribution in [1.29, 1.82) is 0 Å². The number of benzene rings is 1. The van der Waals surface area contributed by atoms with E-state index in [-0.39, 0.29) is 11.7 Å². The number of carbonyl (C=O) groups excluding carboxylic acids is 1. The van der Waals surface area contributed by atoms with E-state index in [1.165, 1.54) is 17.6 Å². The van der Waals surface area contributed by atoms with Crippen molar-refractivity contribution >= 4 is 32.6 Å². The molecule has 0 saturated carbocycles. The number of hydrogen-bond donors (Lipinski definition) is 0. The van der Waals surface area contributed by atoms with Gasteiger partial charge >= 0.3 is 0 Å². The minimum Gasteiger partial charge on any atom is -0.494 e. The third-order valence-electron chi connectivity index (χ3n) is 3.73. The molecule has 4 rings (SSSR count). The van der Waals surface area contributed by atoms with Crippen molar-refractivity contribution in [2.24, 2.45) is 0 Å². The van der Waals surface area contributed by atoms with Crippen LogP contribution in [-0.2, 0) is 20.8 Å². The molecule has 1 aromatic carbocycles. The van der Waals surface area contributed by atoms with Crippen LogP contribution in [0.4, 0.5) is 5.13 Å². The molecule has 0 spiro atoms. The summed E-state index contributed by atoms with van der Waals surface area (Å²) in [6, 6.07) is 9.67. The summed E-state index contributed by atoms with van der Waals surface area (Å²) in [7, 11) is 0. The Morgan fingerprint density at radius 3 is 2.96 bits per heavy atom. The molecular formula is C17H16N4O3S.